The normalized spacial score (nSPS) is 31.6. The van der Waals surface area contributed by atoms with E-state index in [1.807, 2.05) is 0 Å². The average molecular weight is 310 g/mol. The summed E-state index contributed by atoms with van der Waals surface area (Å²) in [5.74, 6) is 2.41. The molecule has 124 valence electrons. The molecule has 1 aromatic carbocycles. The molecule has 0 amide bonds. The van der Waals surface area contributed by atoms with Crippen LogP contribution in [-0.4, -0.2) is 29.0 Å². The van der Waals surface area contributed by atoms with Gasteiger partial charge in [0.25, 0.3) is 0 Å². The molecule has 0 radical (unpaired) electrons. The largest absolute Gasteiger partial charge is 0.358 e. The zero-order valence-corrected chi connectivity index (χ0v) is 14.8. The number of hydrogen-bond donors (Lipinski definition) is 1. The van der Waals surface area contributed by atoms with Gasteiger partial charge in [-0.3, -0.25) is 4.90 Å². The van der Waals surface area contributed by atoms with Crippen LogP contribution in [0.15, 0.2) is 24.3 Å². The van der Waals surface area contributed by atoms with E-state index in [2.05, 4.69) is 54.9 Å². The monoisotopic (exact) mass is 310 g/mol. The van der Waals surface area contributed by atoms with Crippen LogP contribution in [0.5, 0.6) is 0 Å². The Bertz CT molecular complexity index is 686. The lowest BCUT2D eigenvalue weighted by Gasteiger charge is -2.42. The van der Waals surface area contributed by atoms with E-state index < -0.39 is 0 Å². The highest BCUT2D eigenvalue weighted by Crippen LogP contribution is 2.42. The molecule has 2 bridgehead atoms. The number of nitrogens with zero attached hydrogens (tertiary/aromatic N) is 1. The summed E-state index contributed by atoms with van der Waals surface area (Å²) in [5.41, 5.74) is 4.49. The highest BCUT2D eigenvalue weighted by molar-refractivity contribution is 5.85. The lowest BCUT2D eigenvalue weighted by molar-refractivity contribution is 0.0921. The SMILES string of the molecule is CCC(C)C[C@H]1CC2c3[nH]c4ccccc4c3CCN(C1)C2C. The molecular weight excluding hydrogens is 280 g/mol. The molecule has 0 aliphatic carbocycles. The van der Waals surface area contributed by atoms with Crippen molar-refractivity contribution in [2.75, 3.05) is 13.1 Å². The van der Waals surface area contributed by atoms with Gasteiger partial charge in [-0.2, -0.15) is 0 Å². The van der Waals surface area contributed by atoms with Crippen molar-refractivity contribution in [3.05, 3.63) is 35.5 Å². The van der Waals surface area contributed by atoms with Gasteiger partial charge in [0, 0.05) is 41.6 Å². The highest BCUT2D eigenvalue weighted by Gasteiger charge is 2.38. The molecule has 1 N–H and O–H groups in total. The fourth-order valence-electron chi connectivity index (χ4n) is 5.01. The Morgan fingerprint density at radius 3 is 2.96 bits per heavy atom. The molecule has 23 heavy (non-hydrogen) atoms. The number of hydrogen-bond acceptors (Lipinski definition) is 1. The number of H-pyrrole nitrogens is 1. The number of rotatable bonds is 3. The van der Waals surface area contributed by atoms with E-state index in [0.717, 1.165) is 11.8 Å². The second-order valence-corrected chi connectivity index (χ2v) is 8.01. The Morgan fingerprint density at radius 2 is 2.13 bits per heavy atom. The first-order valence-electron chi connectivity index (χ1n) is 9.50. The van der Waals surface area contributed by atoms with Crippen LogP contribution in [0.3, 0.4) is 0 Å². The van der Waals surface area contributed by atoms with Crippen LogP contribution >= 0.6 is 0 Å². The Kier molecular flexibility index (Phi) is 3.96. The van der Waals surface area contributed by atoms with E-state index in [0.29, 0.717) is 12.0 Å². The van der Waals surface area contributed by atoms with Gasteiger partial charge in [-0.05, 0) is 49.7 Å². The molecule has 1 saturated heterocycles. The Morgan fingerprint density at radius 1 is 1.30 bits per heavy atom. The smallest absolute Gasteiger partial charge is 0.0459 e. The summed E-state index contributed by atoms with van der Waals surface area (Å²) >= 11 is 0. The fourth-order valence-corrected chi connectivity index (χ4v) is 5.01. The second kappa shape index (κ2) is 5.98. The minimum Gasteiger partial charge on any atom is -0.358 e. The lowest BCUT2D eigenvalue weighted by Crippen LogP contribution is -2.46. The highest BCUT2D eigenvalue weighted by atomic mass is 15.2. The van der Waals surface area contributed by atoms with E-state index in [-0.39, 0.29) is 0 Å². The third-order valence-corrected chi connectivity index (χ3v) is 6.54. The van der Waals surface area contributed by atoms with Gasteiger partial charge in [-0.1, -0.05) is 38.5 Å². The third kappa shape index (κ3) is 2.61. The summed E-state index contributed by atoms with van der Waals surface area (Å²) in [5, 5.41) is 1.46. The summed E-state index contributed by atoms with van der Waals surface area (Å²) in [6.07, 6.45) is 5.28. The molecule has 0 saturated carbocycles. The second-order valence-electron chi connectivity index (χ2n) is 8.01. The molecule has 3 heterocycles. The van der Waals surface area contributed by atoms with Gasteiger partial charge in [0.15, 0.2) is 0 Å². The van der Waals surface area contributed by atoms with Crippen LogP contribution in [0.25, 0.3) is 10.9 Å². The van der Waals surface area contributed by atoms with E-state index in [1.165, 1.54) is 49.7 Å². The van der Waals surface area contributed by atoms with E-state index >= 15 is 0 Å². The first-order valence-corrected chi connectivity index (χ1v) is 9.50. The van der Waals surface area contributed by atoms with Crippen LogP contribution in [0.2, 0.25) is 0 Å². The predicted octanol–water partition coefficient (Wildman–Crippen LogP) is 4.95. The third-order valence-electron chi connectivity index (χ3n) is 6.54. The maximum atomic E-state index is 3.80. The van der Waals surface area contributed by atoms with Crippen LogP contribution in [0, 0.1) is 11.8 Å². The molecule has 2 heteroatoms. The van der Waals surface area contributed by atoms with Crippen molar-refractivity contribution in [2.24, 2.45) is 11.8 Å². The minimum atomic E-state index is 0.678. The van der Waals surface area contributed by atoms with Gasteiger partial charge in [-0.15, -0.1) is 0 Å². The van der Waals surface area contributed by atoms with Crippen LogP contribution < -0.4 is 0 Å². The van der Waals surface area contributed by atoms with Crippen LogP contribution in [0.1, 0.15) is 57.2 Å². The summed E-state index contributed by atoms with van der Waals surface area (Å²) in [6, 6.07) is 9.56. The van der Waals surface area contributed by atoms with Gasteiger partial charge in [-0.25, -0.2) is 0 Å². The number of aromatic nitrogens is 1. The topological polar surface area (TPSA) is 19.0 Å². The summed E-state index contributed by atoms with van der Waals surface area (Å²) in [6.45, 7) is 9.74. The first-order chi connectivity index (χ1) is 11.2. The Labute approximate surface area is 140 Å². The lowest BCUT2D eigenvalue weighted by atomic mass is 9.78. The van der Waals surface area contributed by atoms with Gasteiger partial charge in [0.2, 0.25) is 0 Å². The maximum absolute atomic E-state index is 3.80. The molecule has 2 nitrogen and oxygen atoms in total. The van der Waals surface area contributed by atoms with Crippen LogP contribution in [-0.2, 0) is 6.42 Å². The zero-order valence-electron chi connectivity index (χ0n) is 14.8. The number of fused-ring (bicyclic) bond motifs is 6. The number of nitrogens with one attached hydrogen (secondary N) is 1. The average Bonchev–Trinajstić information content (AvgIpc) is 2.90. The van der Waals surface area contributed by atoms with Crippen molar-refractivity contribution < 1.29 is 0 Å². The number of aromatic amines is 1. The van der Waals surface area contributed by atoms with Crippen molar-refractivity contribution in [1.29, 1.82) is 0 Å². The first kappa shape index (κ1) is 15.3. The molecule has 4 unspecified atom stereocenters. The molecule has 1 fully saturated rings. The number of piperidine rings is 1. The van der Waals surface area contributed by atoms with Gasteiger partial charge >= 0.3 is 0 Å². The molecular formula is C21H30N2. The maximum Gasteiger partial charge on any atom is 0.0459 e. The molecule has 5 atom stereocenters. The Balaban J connectivity index is 1.70. The van der Waals surface area contributed by atoms with Crippen molar-refractivity contribution in [3.8, 4) is 0 Å². The van der Waals surface area contributed by atoms with E-state index in [9.17, 15) is 0 Å². The molecule has 1 aromatic heterocycles. The molecule has 0 spiro atoms. The minimum absolute atomic E-state index is 0.678. The number of benzene rings is 1. The van der Waals surface area contributed by atoms with E-state index in [1.54, 1.807) is 11.3 Å². The van der Waals surface area contributed by atoms with Gasteiger partial charge in [0.05, 0.1) is 0 Å². The predicted molar refractivity (Wildman–Crippen MR) is 98.0 cm³/mol. The van der Waals surface area contributed by atoms with Crippen LogP contribution in [0.4, 0.5) is 0 Å². The number of para-hydroxylation sites is 1. The summed E-state index contributed by atoms with van der Waals surface area (Å²) < 4.78 is 0. The fraction of sp³-hybridized carbons (Fsp3) is 0.619. The van der Waals surface area contributed by atoms with Crippen molar-refractivity contribution in [3.63, 3.8) is 0 Å². The zero-order chi connectivity index (χ0) is 16.0. The molecule has 4 rings (SSSR count). The van der Waals surface area contributed by atoms with Crippen molar-refractivity contribution in [2.45, 2.75) is 58.4 Å². The molecule has 2 aromatic rings. The summed E-state index contributed by atoms with van der Waals surface area (Å²) in [4.78, 5) is 6.57. The van der Waals surface area contributed by atoms with Gasteiger partial charge in [0.1, 0.15) is 0 Å². The van der Waals surface area contributed by atoms with E-state index in [4.69, 9.17) is 0 Å². The quantitative estimate of drug-likeness (QED) is 0.849. The Hall–Kier alpha value is -1.28. The summed E-state index contributed by atoms with van der Waals surface area (Å²) in [7, 11) is 0. The molecule has 2 aliphatic heterocycles. The van der Waals surface area contributed by atoms with Crippen molar-refractivity contribution >= 4 is 10.9 Å². The standard InChI is InChI=1S/C21H30N2/c1-4-14(2)11-16-12-19-15(3)23(13-16)10-9-18-17-7-5-6-8-20(17)22-21(18)19/h5-8,14-16,19,22H,4,9-13H2,1-3H3/t14?,15?,16-,19?/m0/s1. The van der Waals surface area contributed by atoms with Crippen molar-refractivity contribution in [1.82, 2.24) is 9.88 Å². The molecule has 2 aliphatic rings. The van der Waals surface area contributed by atoms with Gasteiger partial charge < -0.3 is 4.98 Å².